The molecule has 0 aromatic heterocycles. The summed E-state index contributed by atoms with van der Waals surface area (Å²) < 4.78 is 0. The second kappa shape index (κ2) is 9.89. The van der Waals surface area contributed by atoms with Crippen molar-refractivity contribution in [3.05, 3.63) is 29.8 Å². The quantitative estimate of drug-likeness (QED) is 0.567. The molecule has 1 aromatic rings. The summed E-state index contributed by atoms with van der Waals surface area (Å²) in [4.78, 5) is 23.3. The molecule has 0 radical (unpaired) electrons. The number of aliphatic imine (C=N–C) groups is 1. The maximum absolute atomic E-state index is 11.9. The van der Waals surface area contributed by atoms with Crippen molar-refractivity contribution in [2.24, 2.45) is 4.99 Å². The zero-order chi connectivity index (χ0) is 19.9. The summed E-state index contributed by atoms with van der Waals surface area (Å²) in [5.41, 5.74) is 2.13. The number of benzene rings is 1. The molecule has 0 saturated carbocycles. The molecule has 1 atom stereocenters. The van der Waals surface area contributed by atoms with Crippen molar-refractivity contribution < 1.29 is 4.79 Å². The van der Waals surface area contributed by atoms with E-state index in [1.165, 1.54) is 0 Å². The second-order valence-electron chi connectivity index (χ2n) is 7.79. The first kappa shape index (κ1) is 20.6. The number of hydrogen-bond donors (Lipinski definition) is 2. The van der Waals surface area contributed by atoms with Gasteiger partial charge in [-0.25, -0.2) is 4.99 Å². The third-order valence-corrected chi connectivity index (χ3v) is 5.57. The number of nitrogens with zero attached hydrogens (tertiary/aromatic N) is 4. The lowest BCUT2D eigenvalue weighted by molar-refractivity contribution is -0.117. The number of carbonyl (C=O) groups excluding carboxylic acids is 1. The highest BCUT2D eigenvalue weighted by Crippen LogP contribution is 2.21. The van der Waals surface area contributed by atoms with Gasteiger partial charge in [0.1, 0.15) is 0 Å². The Morgan fingerprint density at radius 2 is 1.93 bits per heavy atom. The van der Waals surface area contributed by atoms with Crippen molar-refractivity contribution in [3.63, 3.8) is 0 Å². The molecule has 1 unspecified atom stereocenters. The van der Waals surface area contributed by atoms with E-state index in [-0.39, 0.29) is 5.91 Å². The molecule has 1 amide bonds. The number of likely N-dealkylation sites (N-methyl/N-ethyl adjacent to an activating group) is 2. The molecule has 2 aliphatic heterocycles. The standard InChI is InChI=1S/C21H34N6O/c1-4-22-21(24-15-19-16-25(2)12-13-26(19)3)23-14-17-7-9-18(10-8-17)27-11-5-6-20(27)28/h7-10,19H,4-6,11-16H2,1-3H3,(H2,22,23,24). The normalized spacial score (nSPS) is 22.0. The number of amides is 1. The largest absolute Gasteiger partial charge is 0.357 e. The summed E-state index contributed by atoms with van der Waals surface area (Å²) in [5, 5.41) is 6.83. The maximum Gasteiger partial charge on any atom is 0.227 e. The molecule has 1 aromatic carbocycles. The predicted molar refractivity (Wildman–Crippen MR) is 115 cm³/mol. The lowest BCUT2D eigenvalue weighted by atomic mass is 10.2. The van der Waals surface area contributed by atoms with Crippen LogP contribution in [0.2, 0.25) is 0 Å². The lowest BCUT2D eigenvalue weighted by Crippen LogP contribution is -2.55. The smallest absolute Gasteiger partial charge is 0.227 e. The Hall–Kier alpha value is -2.12. The lowest BCUT2D eigenvalue weighted by Gasteiger charge is -2.37. The average Bonchev–Trinajstić information content (AvgIpc) is 3.13. The van der Waals surface area contributed by atoms with E-state index in [4.69, 9.17) is 4.99 Å². The van der Waals surface area contributed by atoms with Gasteiger partial charge in [0, 0.05) is 57.4 Å². The number of anilines is 1. The van der Waals surface area contributed by atoms with E-state index in [0.29, 0.717) is 19.0 Å². The van der Waals surface area contributed by atoms with E-state index in [1.807, 2.05) is 17.0 Å². The van der Waals surface area contributed by atoms with Crippen LogP contribution in [-0.2, 0) is 11.3 Å². The van der Waals surface area contributed by atoms with Gasteiger partial charge in [0.15, 0.2) is 5.96 Å². The van der Waals surface area contributed by atoms with E-state index in [9.17, 15) is 4.79 Å². The number of hydrogen-bond acceptors (Lipinski definition) is 4. The first-order chi connectivity index (χ1) is 13.6. The van der Waals surface area contributed by atoms with Crippen LogP contribution in [0.5, 0.6) is 0 Å². The molecular weight excluding hydrogens is 352 g/mol. The molecular formula is C21H34N6O. The Labute approximate surface area is 168 Å². The molecule has 2 saturated heterocycles. The Balaban J connectivity index is 1.55. The van der Waals surface area contributed by atoms with Crippen molar-refractivity contribution >= 4 is 17.6 Å². The van der Waals surface area contributed by atoms with Crippen LogP contribution in [0.1, 0.15) is 25.3 Å². The molecule has 7 nitrogen and oxygen atoms in total. The van der Waals surface area contributed by atoms with Crippen LogP contribution in [0.3, 0.4) is 0 Å². The van der Waals surface area contributed by atoms with Crippen LogP contribution >= 0.6 is 0 Å². The van der Waals surface area contributed by atoms with E-state index < -0.39 is 0 Å². The topological polar surface area (TPSA) is 63.2 Å². The first-order valence-electron chi connectivity index (χ1n) is 10.4. The highest BCUT2D eigenvalue weighted by molar-refractivity contribution is 5.95. The van der Waals surface area contributed by atoms with Crippen molar-refractivity contribution in [2.45, 2.75) is 32.4 Å². The van der Waals surface area contributed by atoms with Gasteiger partial charge in [-0.15, -0.1) is 0 Å². The van der Waals surface area contributed by atoms with Gasteiger partial charge in [-0.05, 0) is 45.1 Å². The van der Waals surface area contributed by atoms with Gasteiger partial charge in [-0.2, -0.15) is 0 Å². The second-order valence-corrected chi connectivity index (χ2v) is 7.79. The van der Waals surface area contributed by atoms with Crippen molar-refractivity contribution in [1.29, 1.82) is 0 Å². The number of nitrogens with one attached hydrogen (secondary N) is 2. The van der Waals surface area contributed by atoms with E-state index in [2.05, 4.69) is 53.6 Å². The Morgan fingerprint density at radius 3 is 2.61 bits per heavy atom. The van der Waals surface area contributed by atoms with Gasteiger partial charge in [-0.1, -0.05) is 12.1 Å². The molecule has 0 spiro atoms. The predicted octanol–water partition coefficient (Wildman–Crippen LogP) is 1.11. The zero-order valence-corrected chi connectivity index (χ0v) is 17.4. The fourth-order valence-corrected chi connectivity index (χ4v) is 3.75. The summed E-state index contributed by atoms with van der Waals surface area (Å²) in [5.74, 6) is 1.07. The molecule has 3 rings (SSSR count). The minimum absolute atomic E-state index is 0.225. The van der Waals surface area contributed by atoms with Gasteiger partial charge in [0.2, 0.25) is 5.91 Å². The van der Waals surface area contributed by atoms with Gasteiger partial charge < -0.3 is 20.4 Å². The van der Waals surface area contributed by atoms with E-state index in [0.717, 1.165) is 62.9 Å². The number of guanidine groups is 1. The van der Waals surface area contributed by atoms with Crippen molar-refractivity contribution in [3.8, 4) is 0 Å². The van der Waals surface area contributed by atoms with Gasteiger partial charge in [0.25, 0.3) is 0 Å². The van der Waals surface area contributed by atoms with Gasteiger partial charge >= 0.3 is 0 Å². The Morgan fingerprint density at radius 1 is 1.14 bits per heavy atom. The zero-order valence-electron chi connectivity index (χ0n) is 17.4. The van der Waals surface area contributed by atoms with Crippen molar-refractivity contribution in [1.82, 2.24) is 20.4 Å². The number of piperazine rings is 1. The molecule has 2 N–H and O–H groups in total. The summed E-state index contributed by atoms with van der Waals surface area (Å²) >= 11 is 0. The first-order valence-corrected chi connectivity index (χ1v) is 10.4. The molecule has 2 heterocycles. The number of carbonyl (C=O) groups is 1. The molecule has 7 heteroatoms. The summed E-state index contributed by atoms with van der Waals surface area (Å²) in [6.07, 6.45) is 1.62. The molecule has 28 heavy (non-hydrogen) atoms. The van der Waals surface area contributed by atoms with Crippen LogP contribution in [0.4, 0.5) is 5.69 Å². The number of rotatable bonds is 6. The van der Waals surface area contributed by atoms with Crippen LogP contribution in [0.15, 0.2) is 29.3 Å². The molecule has 2 fully saturated rings. The van der Waals surface area contributed by atoms with E-state index in [1.54, 1.807) is 0 Å². The third-order valence-electron chi connectivity index (χ3n) is 5.57. The van der Waals surface area contributed by atoms with Crippen LogP contribution < -0.4 is 15.5 Å². The summed E-state index contributed by atoms with van der Waals surface area (Å²) in [7, 11) is 4.37. The summed E-state index contributed by atoms with van der Waals surface area (Å²) in [6.45, 7) is 8.53. The minimum Gasteiger partial charge on any atom is -0.357 e. The maximum atomic E-state index is 11.9. The highest BCUT2D eigenvalue weighted by Gasteiger charge is 2.22. The van der Waals surface area contributed by atoms with Crippen molar-refractivity contribution in [2.75, 3.05) is 58.3 Å². The fraction of sp³-hybridized carbons (Fsp3) is 0.619. The van der Waals surface area contributed by atoms with Gasteiger partial charge in [0.05, 0.1) is 6.54 Å². The van der Waals surface area contributed by atoms with Crippen LogP contribution in [0.25, 0.3) is 0 Å². The highest BCUT2D eigenvalue weighted by atomic mass is 16.2. The molecule has 154 valence electrons. The average molecular weight is 387 g/mol. The van der Waals surface area contributed by atoms with Gasteiger partial charge in [-0.3, -0.25) is 9.69 Å². The Bertz CT molecular complexity index is 674. The van der Waals surface area contributed by atoms with Crippen LogP contribution in [-0.4, -0.2) is 81.1 Å². The van der Waals surface area contributed by atoms with Crippen LogP contribution in [0, 0.1) is 0 Å². The van der Waals surface area contributed by atoms with E-state index >= 15 is 0 Å². The fourth-order valence-electron chi connectivity index (χ4n) is 3.75. The summed E-state index contributed by atoms with van der Waals surface area (Å²) in [6, 6.07) is 8.68. The Kier molecular flexibility index (Phi) is 7.28. The third kappa shape index (κ3) is 5.45. The minimum atomic E-state index is 0.225. The SMILES string of the molecule is CCNC(=NCc1ccc(N2CCCC2=O)cc1)NCC1CN(C)CCN1C. The molecule has 0 aliphatic carbocycles. The molecule has 2 aliphatic rings. The monoisotopic (exact) mass is 386 g/mol. The molecule has 0 bridgehead atoms.